The van der Waals surface area contributed by atoms with Crippen LogP contribution in [0.5, 0.6) is 5.75 Å². The molecule has 4 heterocycles. The lowest BCUT2D eigenvalue weighted by Gasteiger charge is -2.51. The minimum absolute atomic E-state index is 0.00988. The number of halogens is 2. The van der Waals surface area contributed by atoms with Crippen molar-refractivity contribution in [3.05, 3.63) is 99.7 Å². The summed E-state index contributed by atoms with van der Waals surface area (Å²) in [6, 6.07) is 11.8. The van der Waals surface area contributed by atoms with Gasteiger partial charge in [0.25, 0.3) is 5.91 Å². The number of methoxy groups -OCH3 is 1. The van der Waals surface area contributed by atoms with E-state index in [0.29, 0.717) is 28.0 Å². The highest BCUT2D eigenvalue weighted by Crippen LogP contribution is 2.49. The maximum Gasteiger partial charge on any atom is 0.510 e. The van der Waals surface area contributed by atoms with Gasteiger partial charge >= 0.3 is 6.16 Å². The third kappa shape index (κ3) is 4.07. The Kier molecular flexibility index (Phi) is 6.38. The second-order valence-corrected chi connectivity index (χ2v) is 9.98. The first-order valence-corrected chi connectivity index (χ1v) is 13.3. The largest absolute Gasteiger partial charge is 0.510 e. The van der Waals surface area contributed by atoms with Gasteiger partial charge in [0.1, 0.15) is 11.9 Å². The van der Waals surface area contributed by atoms with E-state index >= 15 is 4.39 Å². The van der Waals surface area contributed by atoms with Crippen molar-refractivity contribution in [2.45, 2.75) is 12.2 Å². The molecule has 43 heavy (non-hydrogen) atoms. The molecule has 0 radical (unpaired) electrons. The van der Waals surface area contributed by atoms with Crippen molar-refractivity contribution >= 4 is 12.1 Å². The van der Waals surface area contributed by atoms with Gasteiger partial charge in [0.05, 0.1) is 32.6 Å². The number of hydrogen-bond acceptors (Lipinski definition) is 9. The van der Waals surface area contributed by atoms with Crippen LogP contribution in [0.1, 0.15) is 27.7 Å². The molecule has 2 aromatic heterocycles. The monoisotopic (exact) mass is 591 g/mol. The number of benzene rings is 2. The van der Waals surface area contributed by atoms with Crippen molar-refractivity contribution in [2.24, 2.45) is 0 Å². The van der Waals surface area contributed by atoms with Gasteiger partial charge in [-0.1, -0.05) is 30.3 Å². The zero-order valence-electron chi connectivity index (χ0n) is 22.6. The molecule has 2 atom stereocenters. The van der Waals surface area contributed by atoms with Gasteiger partial charge in [-0.15, -0.1) is 0 Å². The van der Waals surface area contributed by atoms with Crippen LogP contribution in [0.25, 0.3) is 22.5 Å². The minimum Gasteiger partial charge on any atom is -0.464 e. The molecule has 13 heteroatoms. The summed E-state index contributed by atoms with van der Waals surface area (Å²) < 4.78 is 58.5. The number of carbonyl (C=O) groups is 2. The standard InChI is InChI=1S/C30H23F2N3O8/c1-39-30(38)43-15-42-28-21(36)8-10-34-26(28)29(37)33-11-13-40-14-22(33)35(34)25-16-4-2-3-5-17(16)27-19(9-12-41-27)23-18(25)6-7-20(31)24(23)32/h2-10,12,22,25H,11,13-15H2,1H3/t22-,25-/m1/s1. The first kappa shape index (κ1) is 26.7. The molecule has 3 aliphatic rings. The zero-order chi connectivity index (χ0) is 29.8. The summed E-state index contributed by atoms with van der Waals surface area (Å²) in [6.45, 7) is -0.194. The number of hydrogen-bond donors (Lipinski definition) is 0. The number of furan rings is 1. The topological polar surface area (TPSA) is 113 Å². The Bertz CT molecular complexity index is 1840. The Morgan fingerprint density at radius 2 is 1.88 bits per heavy atom. The van der Waals surface area contributed by atoms with Crippen molar-refractivity contribution in [1.82, 2.24) is 9.58 Å². The van der Waals surface area contributed by atoms with Gasteiger partial charge in [-0.3, -0.25) is 19.3 Å². The van der Waals surface area contributed by atoms with Crippen molar-refractivity contribution in [3.63, 3.8) is 0 Å². The van der Waals surface area contributed by atoms with E-state index in [9.17, 15) is 18.8 Å². The van der Waals surface area contributed by atoms with E-state index in [1.807, 2.05) is 24.3 Å². The fourth-order valence-electron chi connectivity index (χ4n) is 6.03. The molecule has 0 N–H and O–H groups in total. The van der Waals surface area contributed by atoms with Crippen molar-refractivity contribution in [3.8, 4) is 28.2 Å². The maximum absolute atomic E-state index is 15.8. The van der Waals surface area contributed by atoms with E-state index in [4.69, 9.17) is 18.6 Å². The van der Waals surface area contributed by atoms with Gasteiger partial charge in [0.15, 0.2) is 17.3 Å². The molecule has 11 nitrogen and oxygen atoms in total. The van der Waals surface area contributed by atoms with Crippen LogP contribution in [0.4, 0.5) is 13.6 Å². The highest BCUT2D eigenvalue weighted by atomic mass is 19.2. The van der Waals surface area contributed by atoms with Crippen LogP contribution in [0, 0.1) is 11.6 Å². The quantitative estimate of drug-likeness (QED) is 0.257. The summed E-state index contributed by atoms with van der Waals surface area (Å²) in [6.07, 6.45) is 1.08. The van der Waals surface area contributed by atoms with Gasteiger partial charge in [-0.05, 0) is 23.3 Å². The molecule has 1 fully saturated rings. The third-order valence-corrected chi connectivity index (χ3v) is 7.82. The average Bonchev–Trinajstić information content (AvgIpc) is 3.47. The lowest BCUT2D eigenvalue weighted by molar-refractivity contribution is -0.0208. The fraction of sp³-hybridized carbons (Fsp3) is 0.233. The molecule has 7 rings (SSSR count). The lowest BCUT2D eigenvalue weighted by atomic mass is 9.92. The van der Waals surface area contributed by atoms with Crippen molar-refractivity contribution in [1.29, 1.82) is 0 Å². The molecule has 1 amide bonds. The molecule has 0 bridgehead atoms. The van der Waals surface area contributed by atoms with Gasteiger partial charge in [0, 0.05) is 35.5 Å². The first-order valence-electron chi connectivity index (χ1n) is 13.3. The number of rotatable bonds is 4. The van der Waals surface area contributed by atoms with Gasteiger partial charge in [0.2, 0.25) is 18.0 Å². The normalized spacial score (nSPS) is 18.4. The summed E-state index contributed by atoms with van der Waals surface area (Å²) in [5.41, 5.74) is 1.31. The second kappa shape index (κ2) is 10.3. The lowest BCUT2D eigenvalue weighted by Crippen LogP contribution is -2.66. The van der Waals surface area contributed by atoms with Gasteiger partial charge < -0.3 is 28.3 Å². The van der Waals surface area contributed by atoms with E-state index in [-0.39, 0.29) is 36.8 Å². The second-order valence-electron chi connectivity index (χ2n) is 9.98. The number of pyridine rings is 1. The average molecular weight is 592 g/mol. The zero-order valence-corrected chi connectivity index (χ0v) is 22.6. The van der Waals surface area contributed by atoms with Crippen LogP contribution in [-0.4, -0.2) is 61.5 Å². The van der Waals surface area contributed by atoms with Crippen LogP contribution < -0.4 is 15.2 Å². The van der Waals surface area contributed by atoms with Crippen LogP contribution in [0.2, 0.25) is 0 Å². The van der Waals surface area contributed by atoms with E-state index in [2.05, 4.69) is 4.74 Å². The number of nitrogens with zero attached hydrogens (tertiary/aromatic N) is 3. The molecule has 1 saturated heterocycles. The van der Waals surface area contributed by atoms with Gasteiger partial charge in [-0.2, -0.15) is 0 Å². The van der Waals surface area contributed by atoms with Crippen LogP contribution in [0.15, 0.2) is 70.2 Å². The molecule has 2 aliphatic heterocycles. The first-order chi connectivity index (χ1) is 20.9. The van der Waals surface area contributed by atoms with Crippen LogP contribution in [0.3, 0.4) is 0 Å². The fourth-order valence-corrected chi connectivity index (χ4v) is 6.03. The van der Waals surface area contributed by atoms with Crippen LogP contribution in [-0.2, 0) is 14.2 Å². The highest BCUT2D eigenvalue weighted by molar-refractivity contribution is 5.97. The Morgan fingerprint density at radius 1 is 1.05 bits per heavy atom. The summed E-state index contributed by atoms with van der Waals surface area (Å²) in [7, 11) is 1.12. The molecular formula is C30H23F2N3O8. The Hall–Kier alpha value is -5.17. The molecule has 0 unspecified atom stereocenters. The summed E-state index contributed by atoms with van der Waals surface area (Å²) in [5, 5.41) is 1.78. The predicted octanol–water partition coefficient (Wildman–Crippen LogP) is 4.03. The van der Waals surface area contributed by atoms with Crippen molar-refractivity contribution < 1.29 is 41.7 Å². The number of fused-ring (bicyclic) bond motifs is 7. The Labute approximate surface area is 242 Å². The predicted molar refractivity (Wildman–Crippen MR) is 145 cm³/mol. The third-order valence-electron chi connectivity index (χ3n) is 7.82. The van der Waals surface area contributed by atoms with Crippen molar-refractivity contribution in [2.75, 3.05) is 38.7 Å². The van der Waals surface area contributed by atoms with Gasteiger partial charge in [-0.25, -0.2) is 13.6 Å². The smallest absolute Gasteiger partial charge is 0.464 e. The molecule has 2 aromatic carbocycles. The molecule has 220 valence electrons. The van der Waals surface area contributed by atoms with E-state index in [0.717, 1.165) is 13.2 Å². The van der Waals surface area contributed by atoms with E-state index in [1.54, 1.807) is 11.1 Å². The number of carbonyl (C=O) groups excluding carboxylic acids is 2. The Morgan fingerprint density at radius 3 is 2.72 bits per heavy atom. The molecule has 4 aromatic rings. The molecule has 0 saturated carbocycles. The van der Waals surface area contributed by atoms with E-state index in [1.165, 1.54) is 34.2 Å². The summed E-state index contributed by atoms with van der Waals surface area (Å²) in [5.74, 6) is -2.60. The number of aromatic nitrogens is 1. The summed E-state index contributed by atoms with van der Waals surface area (Å²) >= 11 is 0. The van der Waals surface area contributed by atoms with Crippen LogP contribution >= 0.6 is 0 Å². The number of ether oxygens (including phenoxy) is 4. The molecular weight excluding hydrogens is 568 g/mol. The highest BCUT2D eigenvalue weighted by Gasteiger charge is 2.47. The van der Waals surface area contributed by atoms with E-state index < -0.39 is 48.1 Å². The number of morpholine rings is 1. The molecule has 1 aliphatic carbocycles. The maximum atomic E-state index is 15.8. The SMILES string of the molecule is COC(=O)OCOc1c2n(ccc1=O)N([C@@H]1c3ccccc3-c3occc3-c3c1ccc(F)c3F)[C@@H]1COCCN1C2=O. The summed E-state index contributed by atoms with van der Waals surface area (Å²) in [4.78, 5) is 40.0. The molecule has 0 spiro atoms. The minimum atomic E-state index is -1.05. The number of amides is 1. The Balaban J connectivity index is 1.49.